The van der Waals surface area contributed by atoms with Gasteiger partial charge < -0.3 is 0 Å². The van der Waals surface area contributed by atoms with Gasteiger partial charge in [0, 0.05) is 0 Å². The predicted molar refractivity (Wildman–Crippen MR) is 127 cm³/mol. The molecule has 0 aliphatic rings. The van der Waals surface area contributed by atoms with Gasteiger partial charge in [-0.2, -0.15) is 0 Å². The summed E-state index contributed by atoms with van der Waals surface area (Å²) in [6.45, 7) is 8.47. The van der Waals surface area contributed by atoms with Crippen molar-refractivity contribution in [2.24, 2.45) is 5.92 Å². The van der Waals surface area contributed by atoms with Crippen molar-refractivity contribution >= 4 is 0 Å². The second-order valence-electron chi connectivity index (χ2n) is 9.33. The van der Waals surface area contributed by atoms with E-state index in [0.717, 1.165) is 5.92 Å². The van der Waals surface area contributed by atoms with Crippen molar-refractivity contribution in [3.05, 3.63) is 12.7 Å². The third kappa shape index (κ3) is 25.7. The van der Waals surface area contributed by atoms with E-state index in [-0.39, 0.29) is 0 Å². The van der Waals surface area contributed by atoms with Gasteiger partial charge in [-0.3, -0.25) is 0 Å². The normalized spacial score (nSPS) is 11.4. The van der Waals surface area contributed by atoms with Crippen LogP contribution >= 0.6 is 0 Å². The zero-order chi connectivity index (χ0) is 19.8. The molecule has 0 saturated carbocycles. The zero-order valence-electron chi connectivity index (χ0n) is 19.4. The lowest BCUT2D eigenvalue weighted by molar-refractivity contribution is 0.501. The summed E-state index contributed by atoms with van der Waals surface area (Å²) in [4.78, 5) is 0. The zero-order valence-corrected chi connectivity index (χ0v) is 19.4. The minimum Gasteiger partial charge on any atom is -0.103 e. The fraction of sp³-hybridized carbons (Fsp3) is 0.926. The molecule has 0 saturated heterocycles. The Morgan fingerprint density at radius 3 is 0.963 bits per heavy atom. The smallest absolute Gasteiger partial charge is 0.0353 e. The molecule has 0 aliphatic carbocycles. The van der Waals surface area contributed by atoms with Gasteiger partial charge in [-0.05, 0) is 18.8 Å². The third-order valence-corrected chi connectivity index (χ3v) is 5.94. The first-order valence-corrected chi connectivity index (χ1v) is 12.9. The van der Waals surface area contributed by atoms with E-state index in [2.05, 4.69) is 26.5 Å². The molecule has 0 aromatic rings. The largest absolute Gasteiger partial charge is 0.103 e. The summed E-state index contributed by atoms with van der Waals surface area (Å²) in [6.07, 6.45) is 34.0. The van der Waals surface area contributed by atoms with Gasteiger partial charge in [-0.1, -0.05) is 148 Å². The molecule has 0 bridgehead atoms. The fourth-order valence-electron chi connectivity index (χ4n) is 4.02. The van der Waals surface area contributed by atoms with Crippen molar-refractivity contribution < 1.29 is 0 Å². The van der Waals surface area contributed by atoms with Crippen LogP contribution in [0.4, 0.5) is 0 Å². The highest BCUT2D eigenvalue weighted by atomic mass is 14.0. The number of allylic oxidation sites excluding steroid dienone is 1. The molecule has 0 atom stereocenters. The molecule has 0 heteroatoms. The van der Waals surface area contributed by atoms with Gasteiger partial charge in [0.2, 0.25) is 0 Å². The number of hydrogen-bond acceptors (Lipinski definition) is 0. The summed E-state index contributed by atoms with van der Waals surface area (Å²) < 4.78 is 0. The number of unbranched alkanes of at least 4 members (excludes halogenated alkanes) is 20. The summed E-state index contributed by atoms with van der Waals surface area (Å²) in [5, 5.41) is 0. The maximum atomic E-state index is 3.79. The van der Waals surface area contributed by atoms with Crippen LogP contribution in [-0.2, 0) is 0 Å². The molecule has 0 N–H and O–H groups in total. The lowest BCUT2D eigenvalue weighted by Gasteiger charge is -2.05. The molecule has 162 valence electrons. The molecule has 0 aromatic heterocycles. The van der Waals surface area contributed by atoms with Crippen LogP contribution < -0.4 is 0 Å². The Bertz CT molecular complexity index is 265. The third-order valence-electron chi connectivity index (χ3n) is 5.94. The Morgan fingerprint density at radius 1 is 0.444 bits per heavy atom. The molecule has 0 nitrogen and oxygen atoms in total. The fourth-order valence-corrected chi connectivity index (χ4v) is 4.02. The van der Waals surface area contributed by atoms with Crippen molar-refractivity contribution in [3.63, 3.8) is 0 Å². The van der Waals surface area contributed by atoms with Crippen LogP contribution in [0.2, 0.25) is 0 Å². The van der Waals surface area contributed by atoms with E-state index in [1.807, 2.05) is 0 Å². The van der Waals surface area contributed by atoms with Crippen molar-refractivity contribution in [1.29, 1.82) is 0 Å². The minimum atomic E-state index is 0.896. The molecule has 0 amide bonds. The van der Waals surface area contributed by atoms with Crippen LogP contribution in [-0.4, -0.2) is 0 Å². The molecule has 0 aromatic carbocycles. The topological polar surface area (TPSA) is 0 Å². The highest BCUT2D eigenvalue weighted by Gasteiger charge is 1.96. The van der Waals surface area contributed by atoms with E-state index in [9.17, 15) is 0 Å². The Morgan fingerprint density at radius 2 is 0.704 bits per heavy atom. The highest BCUT2D eigenvalue weighted by Crippen LogP contribution is 2.15. The molecule has 0 rings (SSSR count). The maximum absolute atomic E-state index is 3.79. The summed E-state index contributed by atoms with van der Waals surface area (Å²) in [6, 6.07) is 0. The quantitative estimate of drug-likeness (QED) is 0.122. The van der Waals surface area contributed by atoms with Crippen molar-refractivity contribution in [2.75, 3.05) is 0 Å². The maximum Gasteiger partial charge on any atom is -0.0353 e. The van der Waals surface area contributed by atoms with Gasteiger partial charge in [0.25, 0.3) is 0 Å². The van der Waals surface area contributed by atoms with Gasteiger partial charge in [0.05, 0.1) is 0 Å². The van der Waals surface area contributed by atoms with Gasteiger partial charge >= 0.3 is 0 Å². The first-order chi connectivity index (χ1) is 13.3. The molecular formula is C27H54. The molecular weight excluding hydrogens is 324 g/mol. The van der Waals surface area contributed by atoms with Crippen molar-refractivity contribution in [3.8, 4) is 0 Å². The monoisotopic (exact) mass is 378 g/mol. The van der Waals surface area contributed by atoms with E-state index in [1.165, 1.54) is 141 Å². The van der Waals surface area contributed by atoms with Gasteiger partial charge in [-0.25, -0.2) is 0 Å². The molecule has 27 heavy (non-hydrogen) atoms. The minimum absolute atomic E-state index is 0.896. The van der Waals surface area contributed by atoms with Crippen LogP contribution in [0.25, 0.3) is 0 Å². The SMILES string of the molecule is C=CCCCCCCCCCCCCCCCCCCCCCCC(C)C. The lowest BCUT2D eigenvalue weighted by atomic mass is 10.0. The van der Waals surface area contributed by atoms with E-state index in [1.54, 1.807) is 0 Å². The van der Waals surface area contributed by atoms with E-state index < -0.39 is 0 Å². The molecule has 0 aliphatic heterocycles. The molecule has 0 heterocycles. The lowest BCUT2D eigenvalue weighted by Crippen LogP contribution is -1.87. The first-order valence-electron chi connectivity index (χ1n) is 12.9. The average Bonchev–Trinajstić information content (AvgIpc) is 2.65. The Kier molecular flexibility index (Phi) is 23.5. The Balaban J connectivity index is 2.98. The molecule has 0 radical (unpaired) electrons. The van der Waals surface area contributed by atoms with Crippen LogP contribution in [0.1, 0.15) is 155 Å². The molecule has 0 unspecified atom stereocenters. The summed E-state index contributed by atoms with van der Waals surface area (Å²) in [5.41, 5.74) is 0. The first kappa shape index (κ1) is 26.7. The Labute approximate surface area is 174 Å². The van der Waals surface area contributed by atoms with Crippen LogP contribution in [0.15, 0.2) is 12.7 Å². The van der Waals surface area contributed by atoms with Crippen molar-refractivity contribution in [2.45, 2.75) is 155 Å². The van der Waals surface area contributed by atoms with Crippen LogP contribution in [0, 0.1) is 5.92 Å². The van der Waals surface area contributed by atoms with Crippen LogP contribution in [0.3, 0.4) is 0 Å². The predicted octanol–water partition coefficient (Wildman–Crippen LogP) is 10.4. The van der Waals surface area contributed by atoms with Gasteiger partial charge in [0.1, 0.15) is 0 Å². The Hall–Kier alpha value is -0.260. The van der Waals surface area contributed by atoms with Crippen LogP contribution in [0.5, 0.6) is 0 Å². The van der Waals surface area contributed by atoms with E-state index >= 15 is 0 Å². The second-order valence-corrected chi connectivity index (χ2v) is 9.33. The highest BCUT2D eigenvalue weighted by molar-refractivity contribution is 4.65. The van der Waals surface area contributed by atoms with Gasteiger partial charge in [0.15, 0.2) is 0 Å². The van der Waals surface area contributed by atoms with Crippen molar-refractivity contribution in [1.82, 2.24) is 0 Å². The average molecular weight is 379 g/mol. The van der Waals surface area contributed by atoms with E-state index in [0.29, 0.717) is 0 Å². The second kappa shape index (κ2) is 23.8. The summed E-state index contributed by atoms with van der Waals surface area (Å²) >= 11 is 0. The van der Waals surface area contributed by atoms with Gasteiger partial charge in [-0.15, -0.1) is 6.58 Å². The number of hydrogen-bond donors (Lipinski definition) is 0. The van der Waals surface area contributed by atoms with E-state index in [4.69, 9.17) is 0 Å². The molecule has 0 fully saturated rings. The standard InChI is InChI=1S/C27H54/c1-4-5-6-7-8-9-10-11-12-13-14-15-16-17-18-19-20-21-22-23-24-25-26-27(2)3/h4,27H,1,5-26H2,2-3H3. The summed E-state index contributed by atoms with van der Waals surface area (Å²) in [5.74, 6) is 0.896. The molecule has 0 spiro atoms. The number of rotatable bonds is 23. The summed E-state index contributed by atoms with van der Waals surface area (Å²) in [7, 11) is 0.